The molecule has 8 heteroatoms. The summed E-state index contributed by atoms with van der Waals surface area (Å²) in [7, 11) is 0. The minimum atomic E-state index is -0.383. The maximum absolute atomic E-state index is 10.8. The minimum absolute atomic E-state index is 0.282. The van der Waals surface area contributed by atoms with Gasteiger partial charge in [0, 0.05) is 22.5 Å². The first-order valence-electron chi connectivity index (χ1n) is 7.77. The lowest BCUT2D eigenvalue weighted by molar-refractivity contribution is -0.107. The summed E-state index contributed by atoms with van der Waals surface area (Å²) in [6, 6.07) is 6.76. The number of hydrogen-bond acceptors (Lipinski definition) is 7. The van der Waals surface area contributed by atoms with Crippen molar-refractivity contribution in [2.45, 2.75) is 13.8 Å². The van der Waals surface area contributed by atoms with Gasteiger partial charge in [-0.1, -0.05) is 13.2 Å². The van der Waals surface area contributed by atoms with Gasteiger partial charge < -0.3 is 11.1 Å². The van der Waals surface area contributed by atoms with E-state index in [1.807, 2.05) is 0 Å². The molecule has 0 atom stereocenters. The average Bonchev–Trinajstić information content (AvgIpc) is 2.60. The molecular formula is C19H21N5O2S. The molecule has 0 unspecified atom stereocenters. The van der Waals surface area contributed by atoms with E-state index in [2.05, 4.69) is 46.1 Å². The van der Waals surface area contributed by atoms with Crippen molar-refractivity contribution in [1.29, 1.82) is 0 Å². The van der Waals surface area contributed by atoms with E-state index < -0.39 is 0 Å². The molecule has 0 aliphatic carbocycles. The van der Waals surface area contributed by atoms with Gasteiger partial charge in [0.25, 0.3) is 0 Å². The van der Waals surface area contributed by atoms with Crippen LogP contribution in [0.5, 0.6) is 0 Å². The van der Waals surface area contributed by atoms with Crippen molar-refractivity contribution < 1.29 is 9.59 Å². The predicted octanol–water partition coefficient (Wildman–Crippen LogP) is 3.06. The maximum atomic E-state index is 10.8. The standard InChI is InChI=1S/C12H14N4OS.C7H7NO/c1-7(11(17)18)5-6-8(2)13-12-15-9(3)14-10(4)16-12;8-7-3-1-6(5-9)2-4-7/h5-6H,1-2H2,3-4H3,(H,17,18)(H,13,14,15,16);1-5H,8H2/b6-5-;. The van der Waals surface area contributed by atoms with E-state index in [0.29, 0.717) is 34.5 Å². The average molecular weight is 383 g/mol. The van der Waals surface area contributed by atoms with Crippen molar-refractivity contribution in [3.8, 4) is 0 Å². The third-order valence-electron chi connectivity index (χ3n) is 2.96. The highest BCUT2D eigenvalue weighted by atomic mass is 32.1. The van der Waals surface area contributed by atoms with Crippen LogP contribution in [0, 0.1) is 13.8 Å². The number of anilines is 2. The highest BCUT2D eigenvalue weighted by molar-refractivity contribution is 7.97. The first-order valence-corrected chi connectivity index (χ1v) is 8.22. The molecule has 140 valence electrons. The van der Waals surface area contributed by atoms with Crippen LogP contribution in [0.1, 0.15) is 22.0 Å². The quantitative estimate of drug-likeness (QED) is 0.231. The Balaban J connectivity index is 0.000000337. The molecule has 0 radical (unpaired) electrons. The van der Waals surface area contributed by atoms with Crippen LogP contribution in [0.4, 0.5) is 11.6 Å². The molecule has 27 heavy (non-hydrogen) atoms. The number of benzene rings is 1. The summed E-state index contributed by atoms with van der Waals surface area (Å²) >= 11 is 3.65. The molecule has 0 saturated heterocycles. The second-order valence-electron chi connectivity index (χ2n) is 5.35. The van der Waals surface area contributed by atoms with Crippen molar-refractivity contribution in [2.75, 3.05) is 11.1 Å². The van der Waals surface area contributed by atoms with Gasteiger partial charge in [0.1, 0.15) is 17.9 Å². The fourth-order valence-corrected chi connectivity index (χ4v) is 1.78. The van der Waals surface area contributed by atoms with Crippen LogP contribution in [-0.2, 0) is 4.79 Å². The number of carbonyl (C=O) groups excluding carboxylic acids is 2. The predicted molar refractivity (Wildman–Crippen MR) is 111 cm³/mol. The monoisotopic (exact) mass is 383 g/mol. The van der Waals surface area contributed by atoms with Crippen molar-refractivity contribution in [1.82, 2.24) is 15.0 Å². The summed E-state index contributed by atoms with van der Waals surface area (Å²) in [5, 5.41) is 2.51. The number of allylic oxidation sites excluding steroid dienone is 2. The number of nitrogens with two attached hydrogens (primary N) is 1. The zero-order valence-electron chi connectivity index (χ0n) is 15.1. The second kappa shape index (κ2) is 10.7. The van der Waals surface area contributed by atoms with Gasteiger partial charge in [-0.15, -0.1) is 12.6 Å². The molecule has 0 spiro atoms. The van der Waals surface area contributed by atoms with Gasteiger partial charge in [-0.2, -0.15) is 9.97 Å². The van der Waals surface area contributed by atoms with Gasteiger partial charge in [0.05, 0.1) is 0 Å². The van der Waals surface area contributed by atoms with Crippen molar-refractivity contribution in [2.24, 2.45) is 0 Å². The van der Waals surface area contributed by atoms with Crippen LogP contribution in [0.25, 0.3) is 0 Å². The Morgan fingerprint density at radius 1 is 1.07 bits per heavy atom. The number of aldehydes is 1. The first-order chi connectivity index (χ1) is 12.7. The fraction of sp³-hybridized carbons (Fsp3) is 0.105. The van der Waals surface area contributed by atoms with E-state index >= 15 is 0 Å². The number of hydrogen-bond donors (Lipinski definition) is 3. The van der Waals surface area contributed by atoms with Gasteiger partial charge >= 0.3 is 0 Å². The molecule has 2 aromatic rings. The molecule has 0 aliphatic rings. The topological polar surface area (TPSA) is 111 Å². The number of thiol groups is 1. The SMILES string of the molecule is C=C(/C=C\C(=C)C(=O)S)Nc1nc(C)nc(C)n1.Nc1ccc(C=O)cc1. The lowest BCUT2D eigenvalue weighted by Crippen LogP contribution is -2.05. The normalized spacial score (nSPS) is 9.89. The summed E-state index contributed by atoms with van der Waals surface area (Å²) in [5.41, 5.74) is 7.52. The highest BCUT2D eigenvalue weighted by Gasteiger charge is 2.01. The molecule has 1 heterocycles. The number of aryl methyl sites for hydroxylation is 2. The van der Waals surface area contributed by atoms with Gasteiger partial charge in [0.2, 0.25) is 11.1 Å². The van der Waals surface area contributed by atoms with Crippen LogP contribution >= 0.6 is 12.6 Å². The van der Waals surface area contributed by atoms with Crippen LogP contribution in [0.2, 0.25) is 0 Å². The maximum Gasteiger partial charge on any atom is 0.230 e. The number of nitrogens with zero attached hydrogens (tertiary/aromatic N) is 3. The van der Waals surface area contributed by atoms with Crippen molar-refractivity contribution >= 4 is 35.7 Å². The number of carbonyl (C=O) groups is 2. The fourth-order valence-electron chi connectivity index (χ4n) is 1.70. The first kappa shape index (κ1) is 21.8. The summed E-state index contributed by atoms with van der Waals surface area (Å²) in [5.74, 6) is 1.66. The molecule has 7 nitrogen and oxygen atoms in total. The van der Waals surface area contributed by atoms with Gasteiger partial charge in [0.15, 0.2) is 0 Å². The molecule has 0 fully saturated rings. The number of nitrogen functional groups attached to an aromatic ring is 1. The molecule has 0 saturated carbocycles. The number of nitrogens with one attached hydrogen (secondary N) is 1. The van der Waals surface area contributed by atoms with Gasteiger partial charge in [-0.3, -0.25) is 9.59 Å². The second-order valence-corrected chi connectivity index (χ2v) is 5.76. The smallest absolute Gasteiger partial charge is 0.230 e. The van der Waals surface area contributed by atoms with Crippen molar-refractivity contribution in [3.63, 3.8) is 0 Å². The van der Waals surface area contributed by atoms with Gasteiger partial charge in [-0.25, -0.2) is 4.98 Å². The highest BCUT2D eigenvalue weighted by Crippen LogP contribution is 2.06. The minimum Gasteiger partial charge on any atom is -0.399 e. The van der Waals surface area contributed by atoms with Crippen molar-refractivity contribution in [3.05, 3.63) is 78.1 Å². The molecule has 1 aromatic heterocycles. The molecule has 2 rings (SSSR count). The van der Waals surface area contributed by atoms with Crippen LogP contribution in [-0.4, -0.2) is 26.4 Å². The Labute approximate surface area is 163 Å². The van der Waals surface area contributed by atoms with E-state index in [9.17, 15) is 9.59 Å². The number of rotatable bonds is 6. The van der Waals surface area contributed by atoms with E-state index in [1.54, 1.807) is 44.2 Å². The van der Waals surface area contributed by atoms with E-state index in [1.165, 1.54) is 6.08 Å². The third-order valence-corrected chi connectivity index (χ3v) is 3.25. The van der Waals surface area contributed by atoms with E-state index in [0.717, 1.165) is 6.29 Å². The largest absolute Gasteiger partial charge is 0.399 e. The molecule has 0 bridgehead atoms. The summed E-state index contributed by atoms with van der Waals surface area (Å²) in [6.45, 7) is 10.9. The number of aromatic nitrogens is 3. The zero-order valence-corrected chi connectivity index (χ0v) is 16.0. The molecule has 1 aromatic carbocycles. The Hall–Kier alpha value is -3.26. The third kappa shape index (κ3) is 8.59. The van der Waals surface area contributed by atoms with Crippen LogP contribution in [0.15, 0.2) is 60.8 Å². The lowest BCUT2D eigenvalue weighted by atomic mass is 10.2. The van der Waals surface area contributed by atoms with Gasteiger partial charge in [-0.05, 0) is 50.3 Å². The van der Waals surface area contributed by atoms with E-state index in [4.69, 9.17) is 5.73 Å². The van der Waals surface area contributed by atoms with E-state index in [-0.39, 0.29) is 10.7 Å². The lowest BCUT2D eigenvalue weighted by Gasteiger charge is -2.05. The molecule has 0 aliphatic heterocycles. The molecule has 3 N–H and O–H groups in total. The summed E-state index contributed by atoms with van der Waals surface area (Å²) < 4.78 is 0. The Morgan fingerprint density at radius 3 is 2.11 bits per heavy atom. The summed E-state index contributed by atoms with van der Waals surface area (Å²) in [4.78, 5) is 33.2. The zero-order chi connectivity index (χ0) is 20.4. The van der Waals surface area contributed by atoms with Crippen LogP contribution < -0.4 is 11.1 Å². The molecular weight excluding hydrogens is 362 g/mol. The Morgan fingerprint density at radius 2 is 1.63 bits per heavy atom. The Kier molecular flexibility index (Phi) is 8.61. The molecule has 0 amide bonds. The van der Waals surface area contributed by atoms with Crippen LogP contribution in [0.3, 0.4) is 0 Å². The Bertz CT molecular complexity index is 856. The summed E-state index contributed by atoms with van der Waals surface area (Å²) in [6.07, 6.45) is 3.91.